The highest BCUT2D eigenvalue weighted by Crippen LogP contribution is 2.30. The van der Waals surface area contributed by atoms with Gasteiger partial charge in [0.15, 0.2) is 5.65 Å². The topological polar surface area (TPSA) is 53.7 Å². The van der Waals surface area contributed by atoms with Crippen LogP contribution in [0, 0.1) is 6.92 Å². The van der Waals surface area contributed by atoms with Crippen LogP contribution < -0.4 is 4.90 Å². The second-order valence-corrected chi connectivity index (χ2v) is 8.17. The molecule has 0 N–H and O–H groups in total. The van der Waals surface area contributed by atoms with Gasteiger partial charge in [-0.2, -0.15) is 5.10 Å². The molecule has 1 aromatic carbocycles. The van der Waals surface area contributed by atoms with Gasteiger partial charge in [-0.15, -0.1) is 11.3 Å². The molecule has 3 aromatic heterocycles. The molecule has 0 saturated carbocycles. The van der Waals surface area contributed by atoms with Crippen LogP contribution in [0.15, 0.2) is 41.8 Å². The SMILES string of the molecule is Cc1nn2c(nc(N3CCN(C(=O)c4cccs4)CC3)c3ccccc32)c1Cl. The normalized spacial score (nSPS) is 14.9. The van der Waals surface area contributed by atoms with Crippen molar-refractivity contribution in [2.24, 2.45) is 0 Å². The number of rotatable bonds is 2. The van der Waals surface area contributed by atoms with Crippen LogP contribution in [0.4, 0.5) is 5.82 Å². The molecule has 0 atom stereocenters. The van der Waals surface area contributed by atoms with Crippen molar-refractivity contribution in [2.75, 3.05) is 31.1 Å². The summed E-state index contributed by atoms with van der Waals surface area (Å²) in [5.74, 6) is 1.01. The molecule has 142 valence electrons. The first-order valence-corrected chi connectivity index (χ1v) is 10.4. The Morgan fingerprint density at radius 3 is 2.64 bits per heavy atom. The Hall–Kier alpha value is -2.64. The van der Waals surface area contributed by atoms with Crippen molar-refractivity contribution in [2.45, 2.75) is 6.92 Å². The van der Waals surface area contributed by atoms with E-state index >= 15 is 0 Å². The Kier molecular flexibility index (Phi) is 4.21. The molecule has 1 aliphatic heterocycles. The van der Waals surface area contributed by atoms with E-state index in [2.05, 4.69) is 16.1 Å². The first kappa shape index (κ1) is 17.5. The lowest BCUT2D eigenvalue weighted by Gasteiger charge is -2.35. The molecule has 1 amide bonds. The molecule has 6 nitrogen and oxygen atoms in total. The van der Waals surface area contributed by atoms with Gasteiger partial charge in [0.2, 0.25) is 0 Å². The van der Waals surface area contributed by atoms with E-state index in [-0.39, 0.29) is 5.91 Å². The number of hydrogen-bond acceptors (Lipinski definition) is 5. The fraction of sp³-hybridized carbons (Fsp3) is 0.250. The number of benzene rings is 1. The van der Waals surface area contributed by atoms with Crippen LogP contribution in [-0.2, 0) is 0 Å². The molecule has 0 aliphatic carbocycles. The molecule has 0 radical (unpaired) electrons. The fourth-order valence-corrected chi connectivity index (χ4v) is 4.54. The van der Waals surface area contributed by atoms with Gasteiger partial charge in [-0.3, -0.25) is 4.79 Å². The first-order valence-electron chi connectivity index (χ1n) is 9.15. The lowest BCUT2D eigenvalue weighted by molar-refractivity contribution is 0.0751. The van der Waals surface area contributed by atoms with E-state index in [4.69, 9.17) is 16.6 Å². The maximum atomic E-state index is 12.6. The van der Waals surface area contributed by atoms with Crippen LogP contribution in [0.5, 0.6) is 0 Å². The lowest BCUT2D eigenvalue weighted by Crippen LogP contribution is -2.49. The maximum absolute atomic E-state index is 12.6. The molecule has 4 aromatic rings. The van der Waals surface area contributed by atoms with Gasteiger partial charge in [-0.25, -0.2) is 9.50 Å². The molecule has 4 heterocycles. The zero-order valence-corrected chi connectivity index (χ0v) is 16.9. The highest BCUT2D eigenvalue weighted by atomic mass is 35.5. The smallest absolute Gasteiger partial charge is 0.264 e. The number of carbonyl (C=O) groups is 1. The fourth-order valence-electron chi connectivity index (χ4n) is 3.69. The standard InChI is InChI=1S/C20H18ClN5OS/c1-13-17(21)19-22-18(14-5-2-3-6-15(14)26(19)23-13)24-8-10-25(11-9-24)20(27)16-7-4-12-28-16/h2-7,12H,8-11H2,1H3. The van der Waals surface area contributed by atoms with E-state index in [0.717, 1.165) is 40.4 Å². The van der Waals surface area contributed by atoms with Gasteiger partial charge in [0.25, 0.3) is 5.91 Å². The van der Waals surface area contributed by atoms with Crippen molar-refractivity contribution in [1.82, 2.24) is 19.5 Å². The summed E-state index contributed by atoms with van der Waals surface area (Å²) in [4.78, 5) is 22.4. The van der Waals surface area contributed by atoms with E-state index in [1.165, 1.54) is 11.3 Å². The molecular weight excluding hydrogens is 394 g/mol. The number of para-hydroxylation sites is 1. The molecule has 0 bridgehead atoms. The maximum Gasteiger partial charge on any atom is 0.264 e. The number of nitrogens with zero attached hydrogens (tertiary/aromatic N) is 5. The summed E-state index contributed by atoms with van der Waals surface area (Å²) in [6.07, 6.45) is 0. The average Bonchev–Trinajstić information content (AvgIpc) is 3.36. The van der Waals surface area contributed by atoms with Crippen molar-refractivity contribution in [3.8, 4) is 0 Å². The summed E-state index contributed by atoms with van der Waals surface area (Å²) in [5, 5.41) is 8.10. The quantitative estimate of drug-likeness (QED) is 0.502. The minimum atomic E-state index is 0.109. The number of halogens is 1. The Morgan fingerprint density at radius 2 is 1.89 bits per heavy atom. The largest absolute Gasteiger partial charge is 0.352 e. The summed E-state index contributed by atoms with van der Waals surface area (Å²) < 4.78 is 1.81. The van der Waals surface area contributed by atoms with Crippen molar-refractivity contribution in [1.29, 1.82) is 0 Å². The highest BCUT2D eigenvalue weighted by molar-refractivity contribution is 7.12. The van der Waals surface area contributed by atoms with Gasteiger partial charge in [-0.1, -0.05) is 29.8 Å². The van der Waals surface area contributed by atoms with Crippen LogP contribution in [0.3, 0.4) is 0 Å². The number of thiophene rings is 1. The van der Waals surface area contributed by atoms with E-state index in [9.17, 15) is 4.79 Å². The van der Waals surface area contributed by atoms with Crippen LogP contribution in [0.25, 0.3) is 16.6 Å². The number of piperazine rings is 1. The number of aromatic nitrogens is 3. The number of hydrogen-bond donors (Lipinski definition) is 0. The molecule has 5 rings (SSSR count). The van der Waals surface area contributed by atoms with Crippen LogP contribution >= 0.6 is 22.9 Å². The minimum absolute atomic E-state index is 0.109. The number of amides is 1. The molecule has 1 fully saturated rings. The zero-order valence-electron chi connectivity index (χ0n) is 15.3. The number of carbonyl (C=O) groups excluding carboxylic acids is 1. The monoisotopic (exact) mass is 411 g/mol. The van der Waals surface area contributed by atoms with Crippen molar-refractivity contribution in [3.05, 3.63) is 57.4 Å². The van der Waals surface area contributed by atoms with Gasteiger partial charge in [0.1, 0.15) is 10.8 Å². The third-order valence-electron chi connectivity index (χ3n) is 5.15. The van der Waals surface area contributed by atoms with Gasteiger partial charge >= 0.3 is 0 Å². The highest BCUT2D eigenvalue weighted by Gasteiger charge is 2.25. The minimum Gasteiger partial charge on any atom is -0.352 e. The van der Waals surface area contributed by atoms with Crippen LogP contribution in [0.2, 0.25) is 5.02 Å². The predicted octanol–water partition coefficient (Wildman–Crippen LogP) is 3.87. The zero-order chi connectivity index (χ0) is 19.3. The van der Waals surface area contributed by atoms with Crippen LogP contribution in [-0.4, -0.2) is 51.6 Å². The van der Waals surface area contributed by atoms with E-state index < -0.39 is 0 Å². The lowest BCUT2D eigenvalue weighted by atomic mass is 10.2. The first-order chi connectivity index (χ1) is 13.6. The summed E-state index contributed by atoms with van der Waals surface area (Å²) >= 11 is 7.95. The van der Waals surface area contributed by atoms with Gasteiger partial charge in [0.05, 0.1) is 16.1 Å². The molecule has 1 aliphatic rings. The third kappa shape index (κ3) is 2.73. The number of fused-ring (bicyclic) bond motifs is 3. The third-order valence-corrected chi connectivity index (χ3v) is 6.45. The molecule has 0 spiro atoms. The van der Waals surface area contributed by atoms with Crippen molar-refractivity contribution < 1.29 is 4.79 Å². The Bertz CT molecular complexity index is 1180. The van der Waals surface area contributed by atoms with Gasteiger partial charge < -0.3 is 9.80 Å². The summed E-state index contributed by atoms with van der Waals surface area (Å²) in [5.41, 5.74) is 2.42. The summed E-state index contributed by atoms with van der Waals surface area (Å²) in [7, 11) is 0. The number of aryl methyl sites for hydroxylation is 1. The molecular formula is C20H18ClN5OS. The average molecular weight is 412 g/mol. The van der Waals surface area contributed by atoms with Crippen LogP contribution in [0.1, 0.15) is 15.4 Å². The second kappa shape index (κ2) is 6.76. The van der Waals surface area contributed by atoms with Crippen molar-refractivity contribution in [3.63, 3.8) is 0 Å². The van der Waals surface area contributed by atoms with Gasteiger partial charge in [0, 0.05) is 31.6 Å². The van der Waals surface area contributed by atoms with E-state index in [1.807, 2.05) is 52.1 Å². The number of anilines is 1. The molecule has 8 heteroatoms. The van der Waals surface area contributed by atoms with E-state index in [0.29, 0.717) is 23.8 Å². The summed E-state index contributed by atoms with van der Waals surface area (Å²) in [6, 6.07) is 11.9. The summed E-state index contributed by atoms with van der Waals surface area (Å²) in [6.45, 7) is 4.69. The molecule has 1 saturated heterocycles. The van der Waals surface area contributed by atoms with Crippen molar-refractivity contribution >= 4 is 51.2 Å². The van der Waals surface area contributed by atoms with E-state index in [1.54, 1.807) is 0 Å². The Morgan fingerprint density at radius 1 is 1.11 bits per heavy atom. The Labute approximate surface area is 171 Å². The Balaban J connectivity index is 1.50. The van der Waals surface area contributed by atoms with Gasteiger partial charge in [-0.05, 0) is 30.5 Å². The second-order valence-electron chi connectivity index (χ2n) is 6.84. The molecule has 28 heavy (non-hydrogen) atoms. The predicted molar refractivity (Wildman–Crippen MR) is 113 cm³/mol. The molecule has 0 unspecified atom stereocenters.